The van der Waals surface area contributed by atoms with Gasteiger partial charge in [0.05, 0.1) is 16.8 Å². The van der Waals surface area contributed by atoms with Crippen molar-refractivity contribution in [2.45, 2.75) is 10.6 Å². The maximum atomic E-state index is 12.8. The Hall–Kier alpha value is -4.30. The molecule has 13 nitrogen and oxygen atoms in total. The van der Waals surface area contributed by atoms with Gasteiger partial charge in [0.2, 0.25) is 11.6 Å². The number of anilines is 1. The lowest BCUT2D eigenvalue weighted by Crippen LogP contribution is -2.20. The number of hydrogen-bond acceptors (Lipinski definition) is 11. The molecule has 1 amide bonds. The second-order valence-electron chi connectivity index (χ2n) is 6.56. The van der Waals surface area contributed by atoms with Crippen LogP contribution in [0.3, 0.4) is 0 Å². The van der Waals surface area contributed by atoms with Crippen molar-refractivity contribution in [3.05, 3.63) is 80.6 Å². The van der Waals surface area contributed by atoms with Gasteiger partial charge in [-0.2, -0.15) is 9.78 Å². The van der Waals surface area contributed by atoms with E-state index >= 15 is 0 Å². The van der Waals surface area contributed by atoms with Crippen LogP contribution in [-0.4, -0.2) is 42.4 Å². The van der Waals surface area contributed by atoms with Gasteiger partial charge in [-0.25, -0.2) is 10.1 Å². The van der Waals surface area contributed by atoms with E-state index in [4.69, 9.17) is 17.3 Å². The number of nitro benzene ring substituents is 1. The fourth-order valence-corrected chi connectivity index (χ4v) is 3.75. The Kier molecular flexibility index (Phi) is 6.79. The van der Waals surface area contributed by atoms with Crippen LogP contribution in [0.4, 0.5) is 11.5 Å². The van der Waals surface area contributed by atoms with Gasteiger partial charge in [-0.15, -0.1) is 16.9 Å². The summed E-state index contributed by atoms with van der Waals surface area (Å²) in [5.41, 5.74) is 8.79. The molecule has 0 unspecified atom stereocenters. The molecule has 4 rings (SSSR count). The van der Waals surface area contributed by atoms with Crippen molar-refractivity contribution in [1.29, 1.82) is 0 Å². The molecule has 0 fully saturated rings. The Bertz CT molecular complexity index is 1370. The van der Waals surface area contributed by atoms with E-state index in [1.807, 2.05) is 12.1 Å². The number of aromatic nitrogens is 5. The number of non-ortho nitro benzene ring substituents is 1. The van der Waals surface area contributed by atoms with Crippen molar-refractivity contribution in [1.82, 2.24) is 30.7 Å². The number of carbonyl (C=O) groups excluding carboxylic acids is 1. The molecular formula is C19H14ClN9O4S. The van der Waals surface area contributed by atoms with Crippen molar-refractivity contribution in [3.63, 3.8) is 0 Å². The SMILES string of the molecule is Nc1nonc1-n1nnc(C(=O)N/N=C/c2cccc([N+](=O)[O-])c2)c1CSc1ccc(Cl)cc1. The highest BCUT2D eigenvalue weighted by Crippen LogP contribution is 2.27. The van der Waals surface area contributed by atoms with E-state index in [9.17, 15) is 14.9 Å². The highest BCUT2D eigenvalue weighted by Gasteiger charge is 2.24. The Labute approximate surface area is 200 Å². The third-order valence-corrected chi connectivity index (χ3v) is 5.60. The largest absolute Gasteiger partial charge is 0.378 e. The standard InChI is InChI=1S/C19H14ClN9O4S/c20-12-4-6-14(7-5-12)34-10-15-16(23-27-28(15)18-17(21)25-33-26-18)19(30)24-22-9-11-2-1-3-13(8-11)29(31)32/h1-9H,10H2,(H2,21,25)(H,24,30)/b22-9+. The van der Waals surface area contributed by atoms with E-state index in [-0.39, 0.29) is 28.8 Å². The topological polar surface area (TPSA) is 180 Å². The van der Waals surface area contributed by atoms with Gasteiger partial charge in [0, 0.05) is 33.4 Å². The molecule has 2 aromatic heterocycles. The molecule has 4 aromatic rings. The summed E-state index contributed by atoms with van der Waals surface area (Å²) in [5, 5.41) is 30.5. The fourth-order valence-electron chi connectivity index (χ4n) is 2.74. The van der Waals surface area contributed by atoms with Crippen LogP contribution in [-0.2, 0) is 5.75 Å². The smallest absolute Gasteiger partial charge is 0.293 e. The van der Waals surface area contributed by atoms with E-state index < -0.39 is 10.8 Å². The van der Waals surface area contributed by atoms with Crippen LogP contribution in [0.1, 0.15) is 21.7 Å². The number of carbonyl (C=O) groups is 1. The predicted octanol–water partition coefficient (Wildman–Crippen LogP) is 2.85. The average Bonchev–Trinajstić information content (AvgIpc) is 3.44. The fraction of sp³-hybridized carbons (Fsp3) is 0.0526. The van der Waals surface area contributed by atoms with Crippen LogP contribution in [0.5, 0.6) is 0 Å². The number of thioether (sulfide) groups is 1. The Morgan fingerprint density at radius 2 is 2.09 bits per heavy atom. The zero-order valence-electron chi connectivity index (χ0n) is 17.0. The summed E-state index contributed by atoms with van der Waals surface area (Å²) in [6.45, 7) is 0. The van der Waals surface area contributed by atoms with Gasteiger partial charge in [0.15, 0.2) is 5.69 Å². The average molecular weight is 500 g/mol. The van der Waals surface area contributed by atoms with Crippen LogP contribution >= 0.6 is 23.4 Å². The Morgan fingerprint density at radius 3 is 2.79 bits per heavy atom. The van der Waals surface area contributed by atoms with E-state index in [1.165, 1.54) is 40.9 Å². The van der Waals surface area contributed by atoms with Gasteiger partial charge in [-0.1, -0.05) is 28.9 Å². The van der Waals surface area contributed by atoms with Gasteiger partial charge in [0.25, 0.3) is 11.6 Å². The number of nitro groups is 1. The molecule has 0 aliphatic carbocycles. The number of rotatable bonds is 8. The van der Waals surface area contributed by atoms with Crippen molar-refractivity contribution in [2.24, 2.45) is 5.10 Å². The number of halogens is 1. The number of hydrogen-bond donors (Lipinski definition) is 2. The molecular weight excluding hydrogens is 486 g/mol. The molecule has 0 radical (unpaired) electrons. The van der Waals surface area contributed by atoms with Crippen LogP contribution in [0.15, 0.2) is 63.2 Å². The number of nitrogens with zero attached hydrogens (tertiary/aromatic N) is 7. The molecule has 0 bridgehead atoms. The second-order valence-corrected chi connectivity index (χ2v) is 8.05. The van der Waals surface area contributed by atoms with Crippen molar-refractivity contribution in [3.8, 4) is 5.82 Å². The summed E-state index contributed by atoms with van der Waals surface area (Å²) in [7, 11) is 0. The monoisotopic (exact) mass is 499 g/mol. The van der Waals surface area contributed by atoms with Gasteiger partial charge in [-0.3, -0.25) is 14.9 Å². The number of nitrogens with one attached hydrogen (secondary N) is 1. The van der Waals surface area contributed by atoms with Crippen LogP contribution < -0.4 is 11.2 Å². The minimum Gasteiger partial charge on any atom is -0.378 e. The molecule has 172 valence electrons. The van der Waals surface area contributed by atoms with Gasteiger partial charge in [0.1, 0.15) is 0 Å². The lowest BCUT2D eigenvalue weighted by Gasteiger charge is -2.06. The van der Waals surface area contributed by atoms with E-state index in [2.05, 4.69) is 35.8 Å². The molecule has 0 aliphatic rings. The van der Waals surface area contributed by atoms with E-state index in [0.717, 1.165) is 4.90 Å². The first-order valence-corrected chi connectivity index (χ1v) is 10.8. The molecule has 3 N–H and O–H groups in total. The lowest BCUT2D eigenvalue weighted by molar-refractivity contribution is -0.384. The van der Waals surface area contributed by atoms with Crippen LogP contribution in [0.25, 0.3) is 5.82 Å². The maximum absolute atomic E-state index is 12.8. The highest BCUT2D eigenvalue weighted by atomic mass is 35.5. The van der Waals surface area contributed by atoms with E-state index in [1.54, 1.807) is 18.2 Å². The Balaban J connectivity index is 1.56. The molecule has 0 saturated carbocycles. The van der Waals surface area contributed by atoms with E-state index in [0.29, 0.717) is 16.3 Å². The minimum absolute atomic E-state index is 0.0277. The summed E-state index contributed by atoms with van der Waals surface area (Å²) in [4.78, 5) is 24.1. The summed E-state index contributed by atoms with van der Waals surface area (Å²) in [6.07, 6.45) is 1.27. The van der Waals surface area contributed by atoms with Gasteiger partial charge in [-0.05, 0) is 34.6 Å². The molecule has 34 heavy (non-hydrogen) atoms. The molecule has 0 atom stereocenters. The first kappa shape index (κ1) is 22.9. The first-order chi connectivity index (χ1) is 16.4. The summed E-state index contributed by atoms with van der Waals surface area (Å²) >= 11 is 7.33. The summed E-state index contributed by atoms with van der Waals surface area (Å²) < 4.78 is 5.89. The highest BCUT2D eigenvalue weighted by molar-refractivity contribution is 7.98. The van der Waals surface area contributed by atoms with Crippen molar-refractivity contribution >= 4 is 47.0 Å². The number of nitrogen functional groups attached to an aromatic ring is 1. The van der Waals surface area contributed by atoms with Crippen molar-refractivity contribution < 1.29 is 14.3 Å². The molecule has 15 heteroatoms. The minimum atomic E-state index is -0.658. The third-order valence-electron chi connectivity index (χ3n) is 4.32. The van der Waals surface area contributed by atoms with Crippen LogP contribution in [0, 0.1) is 10.1 Å². The predicted molar refractivity (Wildman–Crippen MR) is 123 cm³/mol. The maximum Gasteiger partial charge on any atom is 0.293 e. The number of hydrazone groups is 1. The summed E-state index contributed by atoms with van der Waals surface area (Å²) in [6, 6.07) is 12.9. The number of amides is 1. The second kappa shape index (κ2) is 10.1. The number of nitrogens with two attached hydrogens (primary N) is 1. The third kappa shape index (κ3) is 5.19. The van der Waals surface area contributed by atoms with Gasteiger partial charge < -0.3 is 5.73 Å². The normalized spacial score (nSPS) is 11.1. The zero-order valence-corrected chi connectivity index (χ0v) is 18.6. The van der Waals surface area contributed by atoms with Crippen LogP contribution in [0.2, 0.25) is 5.02 Å². The molecule has 0 aliphatic heterocycles. The molecule has 0 spiro atoms. The zero-order chi connectivity index (χ0) is 24.1. The van der Waals surface area contributed by atoms with Crippen molar-refractivity contribution in [2.75, 3.05) is 5.73 Å². The Morgan fingerprint density at radius 1 is 1.29 bits per heavy atom. The molecule has 0 saturated heterocycles. The van der Waals surface area contributed by atoms with Gasteiger partial charge >= 0.3 is 0 Å². The lowest BCUT2D eigenvalue weighted by atomic mass is 10.2. The first-order valence-electron chi connectivity index (χ1n) is 9.41. The molecule has 2 aromatic carbocycles. The molecule has 2 heterocycles. The summed E-state index contributed by atoms with van der Waals surface area (Å²) in [5.74, 6) is -0.343. The quantitative estimate of drug-likeness (QED) is 0.158. The number of benzene rings is 2.